The van der Waals surface area contributed by atoms with Crippen LogP contribution in [0.4, 0.5) is 0 Å². The Bertz CT molecular complexity index is 351. The molecule has 2 fully saturated rings. The van der Waals surface area contributed by atoms with E-state index in [0.29, 0.717) is 13.0 Å². The molecular formula is C15H27N3O2. The summed E-state index contributed by atoms with van der Waals surface area (Å²) >= 11 is 0. The lowest BCUT2D eigenvalue weighted by Crippen LogP contribution is -2.53. The molecule has 5 nitrogen and oxygen atoms in total. The Morgan fingerprint density at radius 1 is 1.30 bits per heavy atom. The van der Waals surface area contributed by atoms with Gasteiger partial charge in [0.1, 0.15) is 0 Å². The normalized spacial score (nSPS) is 29.1. The summed E-state index contributed by atoms with van der Waals surface area (Å²) in [6.45, 7) is 2.65. The van der Waals surface area contributed by atoms with Crippen LogP contribution in [0.1, 0.15) is 51.9 Å². The molecule has 2 unspecified atom stereocenters. The fourth-order valence-corrected chi connectivity index (χ4v) is 3.12. The lowest BCUT2D eigenvalue weighted by molar-refractivity contribution is -0.139. The van der Waals surface area contributed by atoms with Crippen molar-refractivity contribution in [1.29, 1.82) is 0 Å². The van der Waals surface area contributed by atoms with Crippen LogP contribution in [0.15, 0.2) is 0 Å². The third kappa shape index (κ3) is 4.20. The van der Waals surface area contributed by atoms with Gasteiger partial charge in [0.15, 0.2) is 0 Å². The molecule has 0 spiro atoms. The van der Waals surface area contributed by atoms with Crippen LogP contribution in [0.3, 0.4) is 0 Å². The first-order valence-corrected chi connectivity index (χ1v) is 7.89. The van der Waals surface area contributed by atoms with Crippen LogP contribution in [-0.4, -0.2) is 41.9 Å². The molecule has 0 aromatic carbocycles. The molecule has 1 aliphatic carbocycles. The van der Waals surface area contributed by atoms with Crippen molar-refractivity contribution in [2.24, 2.45) is 11.7 Å². The predicted molar refractivity (Wildman–Crippen MR) is 78.0 cm³/mol. The molecule has 0 aromatic heterocycles. The quantitative estimate of drug-likeness (QED) is 0.758. The maximum absolute atomic E-state index is 12.1. The second kappa shape index (κ2) is 7.07. The lowest BCUT2D eigenvalue weighted by Gasteiger charge is -2.34. The molecule has 2 aliphatic rings. The van der Waals surface area contributed by atoms with Gasteiger partial charge in [-0.05, 0) is 18.8 Å². The zero-order chi connectivity index (χ0) is 14.5. The highest BCUT2D eigenvalue weighted by atomic mass is 16.2. The minimum absolute atomic E-state index is 0.0154. The first-order valence-electron chi connectivity index (χ1n) is 7.89. The van der Waals surface area contributed by atoms with E-state index < -0.39 is 0 Å². The topological polar surface area (TPSA) is 75.4 Å². The van der Waals surface area contributed by atoms with Gasteiger partial charge in [-0.1, -0.05) is 32.6 Å². The van der Waals surface area contributed by atoms with E-state index in [4.69, 9.17) is 5.73 Å². The molecule has 0 radical (unpaired) electrons. The second-order valence-electron chi connectivity index (χ2n) is 6.38. The summed E-state index contributed by atoms with van der Waals surface area (Å²) in [6.07, 6.45) is 7.50. The number of amides is 2. The molecule has 1 saturated carbocycles. The first-order chi connectivity index (χ1) is 9.56. The van der Waals surface area contributed by atoms with Gasteiger partial charge in [-0.25, -0.2) is 0 Å². The Morgan fingerprint density at radius 2 is 1.95 bits per heavy atom. The van der Waals surface area contributed by atoms with Crippen molar-refractivity contribution < 1.29 is 9.59 Å². The fraction of sp³-hybridized carbons (Fsp3) is 0.867. The highest BCUT2D eigenvalue weighted by Gasteiger charge is 2.30. The van der Waals surface area contributed by atoms with E-state index in [-0.39, 0.29) is 36.4 Å². The van der Waals surface area contributed by atoms with Gasteiger partial charge >= 0.3 is 0 Å². The van der Waals surface area contributed by atoms with Crippen molar-refractivity contribution in [3.8, 4) is 0 Å². The van der Waals surface area contributed by atoms with Crippen LogP contribution in [0, 0.1) is 5.92 Å². The third-order valence-corrected chi connectivity index (χ3v) is 4.57. The summed E-state index contributed by atoms with van der Waals surface area (Å²) in [6, 6.07) is 0.274. The number of hydrogen-bond acceptors (Lipinski definition) is 3. The van der Waals surface area contributed by atoms with Gasteiger partial charge in [-0.15, -0.1) is 0 Å². The van der Waals surface area contributed by atoms with Gasteiger partial charge in [-0.2, -0.15) is 0 Å². The van der Waals surface area contributed by atoms with E-state index in [0.717, 1.165) is 12.8 Å². The summed E-state index contributed by atoms with van der Waals surface area (Å²) in [4.78, 5) is 25.6. The number of nitrogens with zero attached hydrogens (tertiary/aromatic N) is 1. The molecule has 1 aliphatic heterocycles. The van der Waals surface area contributed by atoms with Crippen LogP contribution < -0.4 is 11.1 Å². The van der Waals surface area contributed by atoms with E-state index in [1.165, 1.54) is 25.7 Å². The minimum Gasteiger partial charge on any atom is -0.352 e. The Labute approximate surface area is 121 Å². The van der Waals surface area contributed by atoms with Gasteiger partial charge < -0.3 is 16.0 Å². The van der Waals surface area contributed by atoms with Crippen molar-refractivity contribution in [2.75, 3.05) is 13.1 Å². The summed E-state index contributed by atoms with van der Waals surface area (Å²) in [5.74, 6) is 0.228. The van der Waals surface area contributed by atoms with Crippen LogP contribution >= 0.6 is 0 Å². The molecular weight excluding hydrogens is 254 g/mol. The van der Waals surface area contributed by atoms with Gasteiger partial charge in [0.2, 0.25) is 11.8 Å². The number of piperidine rings is 1. The van der Waals surface area contributed by atoms with Gasteiger partial charge in [-0.3, -0.25) is 9.59 Å². The molecule has 3 N–H and O–H groups in total. The maximum atomic E-state index is 12.1. The van der Waals surface area contributed by atoms with Gasteiger partial charge in [0.05, 0.1) is 6.54 Å². The minimum atomic E-state index is -0.0352. The average Bonchev–Trinajstić information content (AvgIpc) is 2.64. The highest BCUT2D eigenvalue weighted by molar-refractivity contribution is 5.85. The molecule has 0 aromatic rings. The zero-order valence-corrected chi connectivity index (χ0v) is 12.4. The van der Waals surface area contributed by atoms with Gasteiger partial charge in [0.25, 0.3) is 0 Å². The van der Waals surface area contributed by atoms with Crippen LogP contribution in [0.25, 0.3) is 0 Å². The van der Waals surface area contributed by atoms with Crippen LogP contribution in [0.5, 0.6) is 0 Å². The molecule has 2 rings (SSSR count). The SMILES string of the molecule is CC1CC(=O)N(CC(=O)NC2CCCCCC2)CC1N. The summed E-state index contributed by atoms with van der Waals surface area (Å²) in [7, 11) is 0. The van der Waals surface area contributed by atoms with E-state index in [9.17, 15) is 9.59 Å². The molecule has 1 saturated heterocycles. The Morgan fingerprint density at radius 3 is 2.60 bits per heavy atom. The maximum Gasteiger partial charge on any atom is 0.239 e. The molecule has 5 heteroatoms. The number of carbonyl (C=O) groups excluding carboxylic acids is 2. The number of nitrogens with one attached hydrogen (secondary N) is 1. The van der Waals surface area contributed by atoms with Crippen molar-refractivity contribution in [3.05, 3.63) is 0 Å². The largest absolute Gasteiger partial charge is 0.352 e. The van der Waals surface area contributed by atoms with E-state index in [1.54, 1.807) is 4.90 Å². The number of hydrogen-bond donors (Lipinski definition) is 2. The van der Waals surface area contributed by atoms with Gasteiger partial charge in [0, 0.05) is 25.0 Å². The van der Waals surface area contributed by atoms with Crippen molar-refractivity contribution in [2.45, 2.75) is 64.0 Å². The molecule has 2 amide bonds. The predicted octanol–water partition coefficient (Wildman–Crippen LogP) is 1.02. The molecule has 0 bridgehead atoms. The summed E-state index contributed by atoms with van der Waals surface area (Å²) in [5, 5.41) is 3.08. The van der Waals surface area contributed by atoms with E-state index >= 15 is 0 Å². The Hall–Kier alpha value is -1.10. The highest BCUT2D eigenvalue weighted by Crippen LogP contribution is 2.18. The van der Waals surface area contributed by atoms with Crippen molar-refractivity contribution in [3.63, 3.8) is 0 Å². The molecule has 20 heavy (non-hydrogen) atoms. The summed E-state index contributed by atoms with van der Waals surface area (Å²) in [5.41, 5.74) is 5.99. The van der Waals surface area contributed by atoms with Crippen molar-refractivity contribution >= 4 is 11.8 Å². The van der Waals surface area contributed by atoms with Crippen LogP contribution in [-0.2, 0) is 9.59 Å². The molecule has 2 atom stereocenters. The zero-order valence-electron chi connectivity index (χ0n) is 12.4. The molecule has 114 valence electrons. The monoisotopic (exact) mass is 281 g/mol. The fourth-order valence-electron chi connectivity index (χ4n) is 3.12. The Kier molecular flexibility index (Phi) is 5.40. The van der Waals surface area contributed by atoms with Crippen molar-refractivity contribution in [1.82, 2.24) is 10.2 Å². The average molecular weight is 281 g/mol. The number of likely N-dealkylation sites (tertiary alicyclic amines) is 1. The van der Waals surface area contributed by atoms with E-state index in [1.807, 2.05) is 6.92 Å². The lowest BCUT2D eigenvalue weighted by atomic mass is 9.94. The van der Waals surface area contributed by atoms with E-state index in [2.05, 4.69) is 5.32 Å². The molecule has 1 heterocycles. The third-order valence-electron chi connectivity index (χ3n) is 4.57. The summed E-state index contributed by atoms with van der Waals surface area (Å²) < 4.78 is 0. The Balaban J connectivity index is 1.80. The number of rotatable bonds is 3. The number of carbonyl (C=O) groups is 2. The smallest absolute Gasteiger partial charge is 0.239 e. The standard InChI is InChI=1S/C15H27N3O2/c1-11-8-15(20)18(9-13(11)16)10-14(19)17-12-6-4-2-3-5-7-12/h11-13H,2-10,16H2,1H3,(H,17,19). The van der Waals surface area contributed by atoms with Crippen LogP contribution in [0.2, 0.25) is 0 Å². The number of nitrogens with two attached hydrogens (primary N) is 1. The first kappa shape index (κ1) is 15.3. The second-order valence-corrected chi connectivity index (χ2v) is 6.38.